The molecule has 214 valence electrons. The maximum atomic E-state index is 6.23. The highest BCUT2D eigenvalue weighted by atomic mass is 16.7. The first-order valence-corrected chi connectivity index (χ1v) is 15.1. The molecule has 6 nitrogen and oxygen atoms in total. The Morgan fingerprint density at radius 3 is 2.20 bits per heavy atom. The lowest BCUT2D eigenvalue weighted by atomic mass is 9.48. The van der Waals surface area contributed by atoms with Crippen molar-refractivity contribution in [1.29, 1.82) is 0 Å². The first kappa shape index (κ1) is 27.6. The summed E-state index contributed by atoms with van der Waals surface area (Å²) < 4.78 is 28.4. The second-order valence-electron chi connectivity index (χ2n) is 12.1. The maximum absolute atomic E-state index is 6.23. The third-order valence-corrected chi connectivity index (χ3v) is 9.30. The zero-order chi connectivity index (χ0) is 27.2. The van der Waals surface area contributed by atoms with Gasteiger partial charge in [0.1, 0.15) is 18.1 Å². The van der Waals surface area contributed by atoms with Crippen molar-refractivity contribution in [3.8, 4) is 23.3 Å². The second-order valence-corrected chi connectivity index (χ2v) is 12.1. The number of benzene rings is 2. The van der Waals surface area contributed by atoms with Crippen LogP contribution in [0.4, 0.5) is 0 Å². The number of methoxy groups -OCH3 is 1. The standard InChI is InChI=1S/C34H43NO5/c1-36-16-17-38-25-40-33-9-6-27(21-32(33)34-22-28-18-29(23-34)20-30(19-28)24-34)3-2-26-4-7-31(8-5-26)39-15-12-35-10-13-37-14-11-35/h4-9,21,28-30H,10-20,22-25H2,1H3. The summed E-state index contributed by atoms with van der Waals surface area (Å²) in [7, 11) is 1.69. The van der Waals surface area contributed by atoms with Crippen molar-refractivity contribution >= 4 is 0 Å². The molecule has 0 unspecified atom stereocenters. The molecule has 5 fully saturated rings. The van der Waals surface area contributed by atoms with Crippen LogP contribution in [0.25, 0.3) is 0 Å². The molecular weight excluding hydrogens is 502 g/mol. The van der Waals surface area contributed by atoms with Crippen LogP contribution in [0, 0.1) is 29.6 Å². The Morgan fingerprint density at radius 2 is 1.50 bits per heavy atom. The van der Waals surface area contributed by atoms with Gasteiger partial charge in [-0.25, -0.2) is 0 Å². The molecule has 7 rings (SSSR count). The molecule has 0 N–H and O–H groups in total. The number of hydrogen-bond acceptors (Lipinski definition) is 6. The molecule has 4 bridgehead atoms. The molecule has 6 heteroatoms. The van der Waals surface area contributed by atoms with Gasteiger partial charge in [-0.05, 0) is 104 Å². The minimum absolute atomic E-state index is 0.217. The van der Waals surface area contributed by atoms with E-state index in [9.17, 15) is 0 Å². The van der Waals surface area contributed by atoms with Gasteiger partial charge in [0.2, 0.25) is 0 Å². The Balaban J connectivity index is 1.14. The van der Waals surface area contributed by atoms with Crippen LogP contribution in [0.2, 0.25) is 0 Å². The van der Waals surface area contributed by atoms with Crippen LogP contribution in [0.15, 0.2) is 42.5 Å². The topological polar surface area (TPSA) is 49.4 Å². The summed E-state index contributed by atoms with van der Waals surface area (Å²) in [5, 5.41) is 0. The molecule has 1 aliphatic heterocycles. The zero-order valence-corrected chi connectivity index (χ0v) is 23.9. The largest absolute Gasteiger partial charge is 0.492 e. The lowest BCUT2D eigenvalue weighted by Crippen LogP contribution is -2.48. The summed E-state index contributed by atoms with van der Waals surface area (Å²) in [5.41, 5.74) is 3.60. The first-order valence-electron chi connectivity index (χ1n) is 15.1. The molecule has 0 amide bonds. The molecule has 2 aromatic rings. The molecule has 5 aliphatic rings. The van der Waals surface area contributed by atoms with Crippen LogP contribution in [0.1, 0.15) is 55.2 Å². The summed E-state index contributed by atoms with van der Waals surface area (Å²) in [6, 6.07) is 14.6. The normalized spacial score (nSPS) is 27.3. The number of morpholine rings is 1. The van der Waals surface area contributed by atoms with Gasteiger partial charge >= 0.3 is 0 Å². The molecule has 1 heterocycles. The Labute approximate surface area is 239 Å². The fourth-order valence-corrected chi connectivity index (χ4v) is 7.79. The second kappa shape index (κ2) is 13.0. The quantitative estimate of drug-likeness (QED) is 0.218. The predicted octanol–water partition coefficient (Wildman–Crippen LogP) is 5.26. The Kier molecular flexibility index (Phi) is 8.94. The lowest BCUT2D eigenvalue weighted by molar-refractivity contribution is -0.0189. The molecule has 1 saturated heterocycles. The van der Waals surface area contributed by atoms with Crippen LogP contribution < -0.4 is 9.47 Å². The van der Waals surface area contributed by atoms with Crippen molar-refractivity contribution in [2.24, 2.45) is 17.8 Å². The number of nitrogens with zero attached hydrogens (tertiary/aromatic N) is 1. The Bertz CT molecular complexity index is 1140. The molecule has 0 atom stereocenters. The summed E-state index contributed by atoms with van der Waals surface area (Å²) in [6.45, 7) is 6.56. The Morgan fingerprint density at radius 1 is 0.825 bits per heavy atom. The minimum Gasteiger partial charge on any atom is -0.492 e. The van der Waals surface area contributed by atoms with Gasteiger partial charge < -0.3 is 23.7 Å². The smallest absolute Gasteiger partial charge is 0.189 e. The van der Waals surface area contributed by atoms with E-state index in [1.807, 2.05) is 24.3 Å². The summed E-state index contributed by atoms with van der Waals surface area (Å²) in [6.07, 6.45) is 8.10. The van der Waals surface area contributed by atoms with Crippen molar-refractivity contribution in [3.63, 3.8) is 0 Å². The van der Waals surface area contributed by atoms with E-state index >= 15 is 0 Å². The fourth-order valence-electron chi connectivity index (χ4n) is 7.79. The molecule has 0 aromatic heterocycles. The van der Waals surface area contributed by atoms with Crippen molar-refractivity contribution in [2.75, 3.05) is 66.6 Å². The van der Waals surface area contributed by atoms with E-state index in [1.165, 1.54) is 44.1 Å². The minimum atomic E-state index is 0.217. The Hall–Kier alpha value is -2.56. The summed E-state index contributed by atoms with van der Waals surface area (Å²) >= 11 is 0. The molecule has 4 aliphatic carbocycles. The molecule has 0 spiro atoms. The van der Waals surface area contributed by atoms with Gasteiger partial charge in [-0.1, -0.05) is 11.8 Å². The third-order valence-electron chi connectivity index (χ3n) is 9.30. The number of ether oxygens (including phenoxy) is 5. The third kappa shape index (κ3) is 6.66. The highest BCUT2D eigenvalue weighted by Crippen LogP contribution is 2.62. The zero-order valence-electron chi connectivity index (χ0n) is 23.9. The monoisotopic (exact) mass is 545 g/mol. The van der Waals surface area contributed by atoms with Gasteiger partial charge in [0.15, 0.2) is 6.79 Å². The number of hydrogen-bond donors (Lipinski definition) is 0. The highest BCUT2D eigenvalue weighted by molar-refractivity contribution is 5.51. The van der Waals surface area contributed by atoms with Crippen molar-refractivity contribution in [2.45, 2.75) is 43.9 Å². The predicted molar refractivity (Wildman–Crippen MR) is 155 cm³/mol. The van der Waals surface area contributed by atoms with Gasteiger partial charge in [0, 0.05) is 43.4 Å². The van der Waals surface area contributed by atoms with Crippen molar-refractivity contribution < 1.29 is 23.7 Å². The van der Waals surface area contributed by atoms with Crippen LogP contribution in [-0.2, 0) is 19.6 Å². The van der Waals surface area contributed by atoms with Gasteiger partial charge in [-0.15, -0.1) is 0 Å². The average Bonchev–Trinajstić information content (AvgIpc) is 2.97. The van der Waals surface area contributed by atoms with Crippen molar-refractivity contribution in [3.05, 3.63) is 59.2 Å². The van der Waals surface area contributed by atoms with Gasteiger partial charge in [-0.2, -0.15) is 0 Å². The summed E-state index contributed by atoms with van der Waals surface area (Å²) in [5.74, 6) is 11.2. The van der Waals surface area contributed by atoms with Gasteiger partial charge in [-0.3, -0.25) is 4.90 Å². The van der Waals surface area contributed by atoms with Crippen LogP contribution in [-0.4, -0.2) is 71.5 Å². The van der Waals surface area contributed by atoms with E-state index in [-0.39, 0.29) is 12.2 Å². The maximum Gasteiger partial charge on any atom is 0.189 e. The first-order chi connectivity index (χ1) is 19.7. The van der Waals surface area contributed by atoms with E-state index in [2.05, 4.69) is 34.9 Å². The van der Waals surface area contributed by atoms with Gasteiger partial charge in [0.05, 0.1) is 26.4 Å². The van der Waals surface area contributed by atoms with Gasteiger partial charge in [0.25, 0.3) is 0 Å². The summed E-state index contributed by atoms with van der Waals surface area (Å²) in [4.78, 5) is 2.38. The van der Waals surface area contributed by atoms with Crippen LogP contribution in [0.5, 0.6) is 11.5 Å². The molecule has 40 heavy (non-hydrogen) atoms. The molecule has 4 saturated carbocycles. The van der Waals surface area contributed by atoms with Crippen LogP contribution >= 0.6 is 0 Å². The molecule has 0 radical (unpaired) electrons. The van der Waals surface area contributed by atoms with Crippen LogP contribution in [0.3, 0.4) is 0 Å². The lowest BCUT2D eigenvalue weighted by Gasteiger charge is -2.57. The van der Waals surface area contributed by atoms with E-state index in [1.54, 1.807) is 7.11 Å². The van der Waals surface area contributed by atoms with E-state index in [0.29, 0.717) is 19.8 Å². The fraction of sp³-hybridized carbons (Fsp3) is 0.588. The van der Waals surface area contributed by atoms with E-state index < -0.39 is 0 Å². The van der Waals surface area contributed by atoms with E-state index in [0.717, 1.165) is 73.2 Å². The highest BCUT2D eigenvalue weighted by Gasteiger charge is 2.52. The molecule has 2 aromatic carbocycles. The molecular formula is C34H43NO5. The number of rotatable bonds is 11. The van der Waals surface area contributed by atoms with Crippen molar-refractivity contribution in [1.82, 2.24) is 4.90 Å². The average molecular weight is 546 g/mol. The van der Waals surface area contributed by atoms with E-state index in [4.69, 9.17) is 23.7 Å². The SMILES string of the molecule is COCCOCOc1ccc(C#Cc2ccc(OCCN3CCOCC3)cc2)cc1C12CC3CC(CC(C3)C1)C2.